The maximum Gasteiger partial charge on any atom is 0.196 e. The molecule has 5 nitrogen and oxygen atoms in total. The number of methoxy groups -OCH3 is 1. The second kappa shape index (κ2) is 7.72. The minimum absolute atomic E-state index is 0.0216. The van der Waals surface area contributed by atoms with E-state index < -0.39 is 0 Å². The molecule has 0 amide bonds. The number of Topliss-reactive ketones (excluding diaryl/α,β-unsaturated/α-hetero) is 1. The van der Waals surface area contributed by atoms with E-state index in [-0.39, 0.29) is 11.0 Å². The molecule has 7 heteroatoms. The zero-order valence-corrected chi connectivity index (χ0v) is 15.3. The molecule has 25 heavy (non-hydrogen) atoms. The van der Waals surface area contributed by atoms with Crippen molar-refractivity contribution in [1.29, 1.82) is 0 Å². The number of halogens is 1. The normalized spacial score (nSPS) is 12.0. The van der Waals surface area contributed by atoms with E-state index in [0.29, 0.717) is 15.7 Å². The van der Waals surface area contributed by atoms with Crippen LogP contribution in [0.1, 0.15) is 17.3 Å². The fourth-order valence-corrected chi connectivity index (χ4v) is 3.41. The maximum atomic E-state index is 12.6. The first kappa shape index (κ1) is 17.5. The van der Waals surface area contributed by atoms with Gasteiger partial charge in [-0.15, -0.1) is 10.2 Å². The lowest BCUT2D eigenvalue weighted by atomic mass is 10.1. The first-order valence-corrected chi connectivity index (χ1v) is 8.85. The number of thioether (sulfide) groups is 1. The summed E-state index contributed by atoms with van der Waals surface area (Å²) in [5.41, 5.74) is 1.48. The highest BCUT2D eigenvalue weighted by atomic mass is 35.5. The Kier molecular flexibility index (Phi) is 5.40. The smallest absolute Gasteiger partial charge is 0.196 e. The van der Waals surface area contributed by atoms with Crippen molar-refractivity contribution in [3.8, 4) is 11.4 Å². The molecule has 0 saturated heterocycles. The number of benzene rings is 2. The molecular weight excluding hydrogens is 358 g/mol. The summed E-state index contributed by atoms with van der Waals surface area (Å²) in [6.07, 6.45) is 1.61. The Morgan fingerprint density at radius 2 is 2.00 bits per heavy atom. The van der Waals surface area contributed by atoms with Gasteiger partial charge in [-0.1, -0.05) is 29.4 Å². The molecule has 1 unspecified atom stereocenters. The Balaban J connectivity index is 1.78. The summed E-state index contributed by atoms with van der Waals surface area (Å²) in [7, 11) is 1.60. The fraction of sp³-hybridized carbons (Fsp3) is 0.167. The SMILES string of the molecule is COc1ccc(C(=O)C(C)Sc2nncn2-c2cccc(Cl)c2)cc1. The standard InChI is InChI=1S/C18H16ClN3O2S/c1-12(17(23)13-6-8-16(24-2)9-7-13)25-18-21-20-11-22(18)15-5-3-4-14(19)10-15/h3-12H,1-2H3. The highest BCUT2D eigenvalue weighted by molar-refractivity contribution is 8.00. The Bertz CT molecular complexity index is 880. The molecular formula is C18H16ClN3O2S. The van der Waals surface area contributed by atoms with Gasteiger partial charge in [-0.3, -0.25) is 9.36 Å². The van der Waals surface area contributed by atoms with Gasteiger partial charge in [0.15, 0.2) is 10.9 Å². The van der Waals surface area contributed by atoms with Crippen molar-refractivity contribution in [2.75, 3.05) is 7.11 Å². The lowest BCUT2D eigenvalue weighted by molar-refractivity contribution is 0.0994. The van der Waals surface area contributed by atoms with Crippen molar-refractivity contribution in [3.05, 3.63) is 65.4 Å². The third kappa shape index (κ3) is 4.03. The number of ketones is 1. The highest BCUT2D eigenvalue weighted by Crippen LogP contribution is 2.27. The van der Waals surface area contributed by atoms with Crippen LogP contribution in [0.25, 0.3) is 5.69 Å². The Labute approximate surface area is 155 Å². The molecule has 0 saturated carbocycles. The van der Waals surface area contributed by atoms with E-state index in [0.717, 1.165) is 11.4 Å². The van der Waals surface area contributed by atoms with Gasteiger partial charge < -0.3 is 4.74 Å². The van der Waals surface area contributed by atoms with Crippen molar-refractivity contribution < 1.29 is 9.53 Å². The van der Waals surface area contributed by atoms with Crippen molar-refractivity contribution in [2.24, 2.45) is 0 Å². The first-order chi connectivity index (χ1) is 12.1. The summed E-state index contributed by atoms with van der Waals surface area (Å²) in [4.78, 5) is 12.6. The van der Waals surface area contributed by atoms with E-state index in [1.165, 1.54) is 11.8 Å². The zero-order chi connectivity index (χ0) is 17.8. The van der Waals surface area contributed by atoms with E-state index in [9.17, 15) is 4.79 Å². The van der Waals surface area contributed by atoms with Gasteiger partial charge in [-0.25, -0.2) is 0 Å². The van der Waals surface area contributed by atoms with Gasteiger partial charge in [0.2, 0.25) is 0 Å². The third-order valence-corrected chi connectivity index (χ3v) is 4.92. The molecule has 1 heterocycles. The summed E-state index contributed by atoms with van der Waals surface area (Å²) < 4.78 is 6.93. The lowest BCUT2D eigenvalue weighted by Gasteiger charge is -2.11. The van der Waals surface area contributed by atoms with Crippen molar-refractivity contribution >= 4 is 29.1 Å². The number of carbonyl (C=O) groups is 1. The summed E-state index contributed by atoms with van der Waals surface area (Å²) in [6.45, 7) is 1.86. The minimum Gasteiger partial charge on any atom is -0.497 e. The van der Waals surface area contributed by atoms with Gasteiger partial charge >= 0.3 is 0 Å². The molecule has 0 fully saturated rings. The fourth-order valence-electron chi connectivity index (χ4n) is 2.31. The quantitative estimate of drug-likeness (QED) is 0.476. The summed E-state index contributed by atoms with van der Waals surface area (Å²) in [5.74, 6) is 0.742. The van der Waals surface area contributed by atoms with Gasteiger partial charge in [0, 0.05) is 10.6 Å². The van der Waals surface area contributed by atoms with Crippen molar-refractivity contribution in [2.45, 2.75) is 17.3 Å². The van der Waals surface area contributed by atoms with E-state index in [1.54, 1.807) is 43.8 Å². The number of hydrogen-bond acceptors (Lipinski definition) is 5. The van der Waals surface area contributed by atoms with Crippen molar-refractivity contribution in [3.63, 3.8) is 0 Å². The van der Waals surface area contributed by atoms with Gasteiger partial charge in [0.05, 0.1) is 18.0 Å². The topological polar surface area (TPSA) is 57.0 Å². The average molecular weight is 374 g/mol. The van der Waals surface area contributed by atoms with Crippen LogP contribution in [0.4, 0.5) is 0 Å². The molecule has 0 aliphatic rings. The lowest BCUT2D eigenvalue weighted by Crippen LogP contribution is -2.14. The van der Waals surface area contributed by atoms with E-state index >= 15 is 0 Å². The van der Waals surface area contributed by atoms with Crippen LogP contribution in [0.15, 0.2) is 60.0 Å². The molecule has 1 atom stereocenters. The van der Waals surface area contributed by atoms with Crippen LogP contribution in [0.2, 0.25) is 5.02 Å². The molecule has 0 aliphatic carbocycles. The number of carbonyl (C=O) groups excluding carboxylic acids is 1. The minimum atomic E-state index is -0.310. The van der Waals surface area contributed by atoms with Crippen LogP contribution in [-0.2, 0) is 0 Å². The van der Waals surface area contributed by atoms with Gasteiger partial charge in [-0.05, 0) is 49.4 Å². The monoisotopic (exact) mass is 373 g/mol. The molecule has 0 spiro atoms. The van der Waals surface area contributed by atoms with E-state index in [1.807, 2.05) is 29.7 Å². The molecule has 0 N–H and O–H groups in total. The molecule has 3 rings (SSSR count). The summed E-state index contributed by atoms with van der Waals surface area (Å²) >= 11 is 7.41. The molecule has 0 aliphatic heterocycles. The molecule has 1 aromatic heterocycles. The van der Waals surface area contributed by atoms with E-state index in [2.05, 4.69) is 10.2 Å². The molecule has 2 aromatic carbocycles. The molecule has 3 aromatic rings. The third-order valence-electron chi connectivity index (χ3n) is 3.63. The van der Waals surface area contributed by atoms with Gasteiger partial charge in [0.25, 0.3) is 0 Å². The van der Waals surface area contributed by atoms with E-state index in [4.69, 9.17) is 16.3 Å². The van der Waals surface area contributed by atoms with Gasteiger partial charge in [0.1, 0.15) is 12.1 Å². The molecule has 0 bridgehead atoms. The predicted octanol–water partition coefficient (Wildman–Crippen LogP) is 4.29. The average Bonchev–Trinajstić information content (AvgIpc) is 3.09. The maximum absolute atomic E-state index is 12.6. The number of ether oxygens (including phenoxy) is 1. The summed E-state index contributed by atoms with van der Waals surface area (Å²) in [5, 5.41) is 9.04. The van der Waals surface area contributed by atoms with Crippen LogP contribution in [0.5, 0.6) is 5.75 Å². The molecule has 128 valence electrons. The Morgan fingerprint density at radius 1 is 1.24 bits per heavy atom. The first-order valence-electron chi connectivity index (χ1n) is 7.59. The van der Waals surface area contributed by atoms with Crippen molar-refractivity contribution in [1.82, 2.24) is 14.8 Å². The largest absolute Gasteiger partial charge is 0.497 e. The van der Waals surface area contributed by atoms with Crippen LogP contribution < -0.4 is 4.74 Å². The number of aromatic nitrogens is 3. The Hall–Kier alpha value is -2.31. The second-order valence-corrected chi connectivity index (χ2v) is 7.06. The number of nitrogens with zero attached hydrogens (tertiary/aromatic N) is 3. The molecule has 0 radical (unpaired) electrons. The van der Waals surface area contributed by atoms with Gasteiger partial charge in [-0.2, -0.15) is 0 Å². The second-order valence-electron chi connectivity index (χ2n) is 5.32. The van der Waals surface area contributed by atoms with Crippen LogP contribution >= 0.6 is 23.4 Å². The van der Waals surface area contributed by atoms with Crippen LogP contribution in [0, 0.1) is 0 Å². The Morgan fingerprint density at radius 3 is 2.68 bits per heavy atom. The predicted molar refractivity (Wildman–Crippen MR) is 99.0 cm³/mol. The zero-order valence-electron chi connectivity index (χ0n) is 13.7. The summed E-state index contributed by atoms with van der Waals surface area (Å²) in [6, 6.07) is 14.5. The van der Waals surface area contributed by atoms with Crippen LogP contribution in [0.3, 0.4) is 0 Å². The number of hydrogen-bond donors (Lipinski definition) is 0. The number of rotatable bonds is 6. The highest BCUT2D eigenvalue weighted by Gasteiger charge is 2.20. The van der Waals surface area contributed by atoms with Crippen LogP contribution in [-0.4, -0.2) is 32.9 Å².